The zero-order valence-electron chi connectivity index (χ0n) is 4.35. The molecule has 0 radical (unpaired) electrons. The third-order valence-electron chi connectivity index (χ3n) is 0.402. The van der Waals surface area contributed by atoms with E-state index >= 15 is 0 Å². The van der Waals surface area contributed by atoms with Crippen molar-refractivity contribution in [3.8, 4) is 0 Å². The van der Waals surface area contributed by atoms with Crippen molar-refractivity contribution < 1.29 is 43.2 Å². The number of carboxylic acids is 1. The number of carboxylic acid groups (broad SMARTS) is 1. The summed E-state index contributed by atoms with van der Waals surface area (Å²) in [6.45, 7) is 0. The average molecular weight is 206 g/mol. The normalized spacial score (nSPS) is 15.3. The van der Waals surface area contributed by atoms with Crippen molar-refractivity contribution in [2.24, 2.45) is 0 Å². The van der Waals surface area contributed by atoms with E-state index in [9.17, 15) is 9.00 Å². The van der Waals surface area contributed by atoms with Gasteiger partial charge in [0.25, 0.3) is 5.44 Å². The van der Waals surface area contributed by atoms with Gasteiger partial charge in [-0.3, -0.25) is 0 Å². The Hall–Kier alpha value is 0.163. The summed E-state index contributed by atoms with van der Waals surface area (Å²) in [6.07, 6.45) is 0. The number of rotatable bonds is 2. The molecule has 0 aromatic rings. The van der Waals surface area contributed by atoms with Crippen LogP contribution >= 0.6 is 0 Å². The van der Waals surface area contributed by atoms with E-state index in [0.717, 1.165) is 0 Å². The molecule has 0 bridgehead atoms. The summed E-state index contributed by atoms with van der Waals surface area (Å²) >= 11 is -2.68. The van der Waals surface area contributed by atoms with Gasteiger partial charge in [0, 0.05) is 19.5 Å². The first-order valence-corrected chi connectivity index (χ1v) is 2.73. The molecule has 0 saturated carbocycles. The predicted molar refractivity (Wildman–Crippen MR) is 24.4 cm³/mol. The zero-order chi connectivity index (χ0) is 6.73. The third-order valence-corrected chi connectivity index (χ3v) is 0.986. The van der Waals surface area contributed by atoms with Gasteiger partial charge in [0.05, 0.1) is 0 Å². The van der Waals surface area contributed by atoms with Gasteiger partial charge in [0.1, 0.15) is 0 Å². The first kappa shape index (κ1) is 11.9. The topological polar surface area (TPSA) is 94.8 Å². The maximum Gasteiger partial charge on any atom is 0.348 e. The van der Waals surface area contributed by atoms with Crippen molar-refractivity contribution >= 4 is 17.0 Å². The maximum atomic E-state index is 9.62. The molecule has 7 heteroatoms. The fourth-order valence-corrected chi connectivity index (χ4v) is 0.259. The van der Waals surface area contributed by atoms with Crippen molar-refractivity contribution in [2.75, 3.05) is 0 Å². The molecule has 2 unspecified atom stereocenters. The van der Waals surface area contributed by atoms with Crippen LogP contribution in [0.5, 0.6) is 0 Å². The summed E-state index contributed by atoms with van der Waals surface area (Å²) in [6, 6.07) is 0. The van der Waals surface area contributed by atoms with Gasteiger partial charge in [-0.15, -0.1) is 0 Å². The summed E-state index contributed by atoms with van der Waals surface area (Å²) in [5.74, 6) is -1.70. The van der Waals surface area contributed by atoms with Crippen LogP contribution in [0.4, 0.5) is 0 Å². The van der Waals surface area contributed by atoms with Crippen LogP contribution in [0.2, 0.25) is 0 Å². The molecule has 2 atom stereocenters. The van der Waals surface area contributed by atoms with Crippen LogP contribution in [-0.4, -0.2) is 30.4 Å². The van der Waals surface area contributed by atoms with Gasteiger partial charge in [-0.1, -0.05) is 0 Å². The second-order valence-electron chi connectivity index (χ2n) is 0.967. The largest absolute Gasteiger partial charge is 0.479 e. The number of carbonyl (C=O) groups is 1. The summed E-state index contributed by atoms with van der Waals surface area (Å²) < 4.78 is 17.5. The van der Waals surface area contributed by atoms with Gasteiger partial charge < -0.3 is 14.8 Å². The molecule has 0 fully saturated rings. The SMILES string of the molecule is O=C(O)C(O)S(=O)O.[Zn]. The van der Waals surface area contributed by atoms with Crippen molar-refractivity contribution in [2.45, 2.75) is 5.44 Å². The second-order valence-corrected chi connectivity index (χ2v) is 1.97. The van der Waals surface area contributed by atoms with Crippen LogP contribution in [0.15, 0.2) is 0 Å². The quantitative estimate of drug-likeness (QED) is 0.381. The minimum absolute atomic E-state index is 0. The Morgan fingerprint density at radius 3 is 1.89 bits per heavy atom. The zero-order valence-corrected chi connectivity index (χ0v) is 8.13. The molecular formula is C2H4O5SZn. The Kier molecular flexibility index (Phi) is 6.60. The monoisotopic (exact) mass is 204 g/mol. The molecule has 3 N–H and O–H groups in total. The van der Waals surface area contributed by atoms with Crippen LogP contribution in [-0.2, 0) is 35.4 Å². The van der Waals surface area contributed by atoms with Gasteiger partial charge in [0.2, 0.25) is 0 Å². The Labute approximate surface area is 66.1 Å². The number of aliphatic hydroxyl groups excluding tert-OH is 1. The standard InChI is InChI=1S/C2H4O5S.Zn/c3-1(4)2(5)8(6)7;/h2,5H,(H,3,4)(H,6,7);. The number of hydrogen-bond acceptors (Lipinski definition) is 3. The minimum atomic E-state index is -2.68. The van der Waals surface area contributed by atoms with Crippen LogP contribution in [0.25, 0.3) is 0 Å². The van der Waals surface area contributed by atoms with Gasteiger partial charge in [0.15, 0.2) is 11.1 Å². The molecule has 9 heavy (non-hydrogen) atoms. The third kappa shape index (κ3) is 4.65. The molecule has 0 aliphatic heterocycles. The van der Waals surface area contributed by atoms with Gasteiger partial charge >= 0.3 is 5.97 Å². The molecule has 0 aromatic carbocycles. The maximum absolute atomic E-state index is 9.62. The van der Waals surface area contributed by atoms with Gasteiger partial charge in [-0.05, 0) is 0 Å². The predicted octanol–water partition coefficient (Wildman–Crippen LogP) is -1.39. The van der Waals surface area contributed by atoms with E-state index in [1.54, 1.807) is 0 Å². The summed E-state index contributed by atoms with van der Waals surface area (Å²) in [4.78, 5) is 9.54. The van der Waals surface area contributed by atoms with Crippen LogP contribution < -0.4 is 0 Å². The summed E-state index contributed by atoms with van der Waals surface area (Å²) in [7, 11) is 0. The molecule has 0 aliphatic carbocycles. The fourth-order valence-electron chi connectivity index (χ4n) is 0.0862. The van der Waals surface area contributed by atoms with E-state index in [-0.39, 0.29) is 19.5 Å². The van der Waals surface area contributed by atoms with E-state index in [2.05, 4.69) is 0 Å². The first-order chi connectivity index (χ1) is 3.55. The molecule has 0 saturated heterocycles. The van der Waals surface area contributed by atoms with Crippen molar-refractivity contribution in [1.82, 2.24) is 0 Å². The molecule has 0 aromatic heterocycles. The van der Waals surface area contributed by atoms with Gasteiger partial charge in [-0.2, -0.15) is 0 Å². The second kappa shape index (κ2) is 4.99. The van der Waals surface area contributed by atoms with E-state index in [0.29, 0.717) is 0 Å². The van der Waals surface area contributed by atoms with Crippen molar-refractivity contribution in [1.29, 1.82) is 0 Å². The average Bonchev–Trinajstić information content (AvgIpc) is 1.64. The van der Waals surface area contributed by atoms with Crippen LogP contribution in [0, 0.1) is 0 Å². The Morgan fingerprint density at radius 1 is 1.56 bits per heavy atom. The number of aliphatic carboxylic acids is 1. The molecular weight excluding hydrogens is 201 g/mol. The van der Waals surface area contributed by atoms with Crippen LogP contribution in [0.1, 0.15) is 0 Å². The molecule has 0 aliphatic rings. The fraction of sp³-hybridized carbons (Fsp3) is 0.500. The number of hydrogen-bond donors (Lipinski definition) is 3. The Morgan fingerprint density at radius 2 is 1.89 bits per heavy atom. The first-order valence-electron chi connectivity index (χ1n) is 1.56. The molecule has 50 valence electrons. The smallest absolute Gasteiger partial charge is 0.348 e. The molecule has 0 rings (SSSR count). The van der Waals surface area contributed by atoms with Crippen LogP contribution in [0.3, 0.4) is 0 Å². The van der Waals surface area contributed by atoms with Crippen molar-refractivity contribution in [3.05, 3.63) is 0 Å². The van der Waals surface area contributed by atoms with E-state index in [1.165, 1.54) is 0 Å². The Bertz CT molecular complexity index is 110. The number of aliphatic hydroxyl groups is 1. The summed E-state index contributed by atoms with van der Waals surface area (Å²) in [5.41, 5.74) is -2.19. The minimum Gasteiger partial charge on any atom is -0.479 e. The Balaban J connectivity index is 0. The van der Waals surface area contributed by atoms with Gasteiger partial charge in [-0.25, -0.2) is 9.00 Å². The van der Waals surface area contributed by atoms with E-state index < -0.39 is 22.5 Å². The van der Waals surface area contributed by atoms with Crippen molar-refractivity contribution in [3.63, 3.8) is 0 Å². The van der Waals surface area contributed by atoms with E-state index in [1.807, 2.05) is 0 Å². The van der Waals surface area contributed by atoms with E-state index in [4.69, 9.17) is 14.8 Å². The molecule has 0 amide bonds. The summed E-state index contributed by atoms with van der Waals surface area (Å²) in [5, 5.41) is 15.8. The molecule has 5 nitrogen and oxygen atoms in total. The molecule has 0 spiro atoms. The molecule has 0 heterocycles.